The summed E-state index contributed by atoms with van der Waals surface area (Å²) in [5.41, 5.74) is 10.6. The van der Waals surface area contributed by atoms with Gasteiger partial charge in [-0.1, -0.05) is 12.1 Å². The monoisotopic (exact) mass is 231 g/mol. The van der Waals surface area contributed by atoms with E-state index in [2.05, 4.69) is 45.9 Å². The molecule has 1 aliphatic rings. The van der Waals surface area contributed by atoms with E-state index in [1.54, 1.807) is 0 Å². The van der Waals surface area contributed by atoms with Crippen LogP contribution in [0.4, 0.5) is 0 Å². The van der Waals surface area contributed by atoms with Crippen molar-refractivity contribution >= 4 is 6.08 Å². The minimum atomic E-state index is -0.222. The maximum atomic E-state index is 6.04. The molecule has 2 nitrogen and oxygen atoms in total. The highest BCUT2D eigenvalue weighted by molar-refractivity contribution is 5.68. The zero-order chi connectivity index (χ0) is 12.8. The van der Waals surface area contributed by atoms with Gasteiger partial charge in [0.05, 0.1) is 0 Å². The lowest BCUT2D eigenvalue weighted by molar-refractivity contribution is 0.157. The number of hydrogen-bond donors (Lipinski definition) is 1. The van der Waals surface area contributed by atoms with Crippen LogP contribution in [-0.4, -0.2) is 5.60 Å². The zero-order valence-electron chi connectivity index (χ0n) is 11.3. The second-order valence-corrected chi connectivity index (χ2v) is 5.48. The van der Waals surface area contributed by atoms with Gasteiger partial charge in [0.15, 0.2) is 0 Å². The molecule has 0 spiro atoms. The third kappa shape index (κ3) is 2.09. The number of aryl methyl sites for hydroxylation is 1. The quantitative estimate of drug-likeness (QED) is 0.802. The molecule has 1 heterocycles. The Hall–Kier alpha value is -1.28. The van der Waals surface area contributed by atoms with E-state index in [0.717, 1.165) is 11.3 Å². The molecule has 2 heteroatoms. The van der Waals surface area contributed by atoms with Crippen molar-refractivity contribution in [3.8, 4) is 5.75 Å². The second kappa shape index (κ2) is 3.88. The summed E-state index contributed by atoms with van der Waals surface area (Å²) in [6.45, 7) is 10.4. The van der Waals surface area contributed by atoms with Crippen molar-refractivity contribution in [1.29, 1.82) is 0 Å². The van der Waals surface area contributed by atoms with Gasteiger partial charge in [0, 0.05) is 11.6 Å². The Morgan fingerprint density at radius 3 is 2.53 bits per heavy atom. The predicted molar refractivity (Wildman–Crippen MR) is 72.3 cm³/mol. The molecule has 1 unspecified atom stereocenters. The first-order valence-corrected chi connectivity index (χ1v) is 6.10. The highest BCUT2D eigenvalue weighted by Crippen LogP contribution is 2.38. The summed E-state index contributed by atoms with van der Waals surface area (Å²) in [5, 5.41) is 0. The molecule has 0 radical (unpaired) electrons. The van der Waals surface area contributed by atoms with Gasteiger partial charge in [0.2, 0.25) is 0 Å². The van der Waals surface area contributed by atoms with Crippen LogP contribution in [0.25, 0.3) is 6.08 Å². The third-order valence-electron chi connectivity index (χ3n) is 3.32. The first-order valence-electron chi connectivity index (χ1n) is 6.10. The molecule has 0 amide bonds. The van der Waals surface area contributed by atoms with Crippen LogP contribution in [0.3, 0.4) is 0 Å². The summed E-state index contributed by atoms with van der Waals surface area (Å²) in [7, 11) is 0. The Labute approximate surface area is 103 Å². The minimum Gasteiger partial charge on any atom is -0.483 e. The standard InChI is InChI=1S/C15H21NO/c1-9-8-13(11(3)16)10(2)12-6-7-15(4,5)17-14(9)12/h6-8,11H,16H2,1-5H3. The molecule has 0 fully saturated rings. The van der Waals surface area contributed by atoms with Crippen molar-refractivity contribution in [3.63, 3.8) is 0 Å². The van der Waals surface area contributed by atoms with Crippen LogP contribution < -0.4 is 10.5 Å². The van der Waals surface area contributed by atoms with Crippen molar-refractivity contribution in [3.05, 3.63) is 34.4 Å². The molecule has 1 aromatic rings. The second-order valence-electron chi connectivity index (χ2n) is 5.48. The Kier molecular flexibility index (Phi) is 2.78. The molecule has 92 valence electrons. The molecule has 2 N–H and O–H groups in total. The molecule has 17 heavy (non-hydrogen) atoms. The Bertz CT molecular complexity index is 484. The highest BCUT2D eigenvalue weighted by Gasteiger charge is 2.25. The SMILES string of the molecule is Cc1cc(C(C)N)c(C)c2c1OC(C)(C)C=C2. The van der Waals surface area contributed by atoms with Crippen LogP contribution in [0.15, 0.2) is 12.1 Å². The van der Waals surface area contributed by atoms with Crippen LogP contribution in [0, 0.1) is 13.8 Å². The van der Waals surface area contributed by atoms with Gasteiger partial charge in [-0.3, -0.25) is 0 Å². The molecule has 0 saturated carbocycles. The van der Waals surface area contributed by atoms with Crippen molar-refractivity contribution in [1.82, 2.24) is 0 Å². The van der Waals surface area contributed by atoms with Crippen LogP contribution in [0.2, 0.25) is 0 Å². The van der Waals surface area contributed by atoms with Gasteiger partial charge in [0.25, 0.3) is 0 Å². The van der Waals surface area contributed by atoms with Gasteiger partial charge in [-0.15, -0.1) is 0 Å². The van der Waals surface area contributed by atoms with Crippen molar-refractivity contribution in [2.45, 2.75) is 46.3 Å². The fraction of sp³-hybridized carbons (Fsp3) is 0.467. The average molecular weight is 231 g/mol. The van der Waals surface area contributed by atoms with E-state index in [-0.39, 0.29) is 11.6 Å². The number of ether oxygens (including phenoxy) is 1. The molecular weight excluding hydrogens is 210 g/mol. The van der Waals surface area contributed by atoms with Crippen molar-refractivity contribution < 1.29 is 4.74 Å². The topological polar surface area (TPSA) is 35.2 Å². The normalized spacial score (nSPS) is 18.5. The maximum absolute atomic E-state index is 6.04. The fourth-order valence-corrected chi connectivity index (χ4v) is 2.34. The number of rotatable bonds is 1. The summed E-state index contributed by atoms with van der Waals surface area (Å²) >= 11 is 0. The van der Waals surface area contributed by atoms with Crippen LogP contribution in [0.5, 0.6) is 5.75 Å². The minimum absolute atomic E-state index is 0.0577. The maximum Gasteiger partial charge on any atom is 0.131 e. The smallest absolute Gasteiger partial charge is 0.131 e. The number of benzene rings is 1. The molecule has 1 aliphatic heterocycles. The van der Waals surface area contributed by atoms with E-state index in [9.17, 15) is 0 Å². The first-order chi connectivity index (χ1) is 7.82. The van der Waals surface area contributed by atoms with Crippen LogP contribution in [-0.2, 0) is 0 Å². The fourth-order valence-electron chi connectivity index (χ4n) is 2.34. The number of hydrogen-bond acceptors (Lipinski definition) is 2. The summed E-state index contributed by atoms with van der Waals surface area (Å²) in [6, 6.07) is 2.20. The van der Waals surface area contributed by atoms with Gasteiger partial charge >= 0.3 is 0 Å². The summed E-state index contributed by atoms with van der Waals surface area (Å²) in [5.74, 6) is 0.999. The molecule has 0 bridgehead atoms. The van der Waals surface area contributed by atoms with Gasteiger partial charge < -0.3 is 10.5 Å². The summed E-state index contributed by atoms with van der Waals surface area (Å²) in [6.07, 6.45) is 4.26. The number of fused-ring (bicyclic) bond motifs is 1. The number of nitrogens with two attached hydrogens (primary N) is 1. The van der Waals surface area contributed by atoms with Gasteiger partial charge in [0.1, 0.15) is 11.4 Å². The molecule has 2 rings (SSSR count). The zero-order valence-corrected chi connectivity index (χ0v) is 11.3. The molecule has 1 aromatic carbocycles. The third-order valence-corrected chi connectivity index (χ3v) is 3.32. The lowest BCUT2D eigenvalue weighted by Gasteiger charge is -2.31. The first kappa shape index (κ1) is 12.2. The Morgan fingerprint density at radius 1 is 1.29 bits per heavy atom. The van der Waals surface area contributed by atoms with E-state index < -0.39 is 0 Å². The van der Waals surface area contributed by atoms with E-state index in [0.29, 0.717) is 0 Å². The lowest BCUT2D eigenvalue weighted by Crippen LogP contribution is -2.28. The van der Waals surface area contributed by atoms with Crippen LogP contribution in [0.1, 0.15) is 49.1 Å². The van der Waals surface area contributed by atoms with E-state index in [4.69, 9.17) is 10.5 Å². The van der Waals surface area contributed by atoms with E-state index in [1.807, 2.05) is 6.92 Å². The molecular formula is C15H21NO. The molecule has 0 aromatic heterocycles. The molecule has 1 atom stereocenters. The summed E-state index contributed by atoms with van der Waals surface area (Å²) in [4.78, 5) is 0. The van der Waals surface area contributed by atoms with Gasteiger partial charge in [-0.05, 0) is 57.4 Å². The Balaban J connectivity index is 2.63. The summed E-state index contributed by atoms with van der Waals surface area (Å²) < 4.78 is 6.04. The highest BCUT2D eigenvalue weighted by atomic mass is 16.5. The lowest BCUT2D eigenvalue weighted by atomic mass is 9.91. The van der Waals surface area contributed by atoms with E-state index >= 15 is 0 Å². The largest absolute Gasteiger partial charge is 0.483 e. The average Bonchev–Trinajstić information content (AvgIpc) is 2.21. The van der Waals surface area contributed by atoms with Crippen LogP contribution >= 0.6 is 0 Å². The Morgan fingerprint density at radius 2 is 1.94 bits per heavy atom. The molecule has 0 saturated heterocycles. The molecule has 0 aliphatic carbocycles. The predicted octanol–water partition coefficient (Wildman–Crippen LogP) is 3.51. The van der Waals surface area contributed by atoms with Crippen molar-refractivity contribution in [2.24, 2.45) is 5.73 Å². The van der Waals surface area contributed by atoms with Gasteiger partial charge in [-0.25, -0.2) is 0 Å². The van der Waals surface area contributed by atoms with Gasteiger partial charge in [-0.2, -0.15) is 0 Å². The van der Waals surface area contributed by atoms with Crippen molar-refractivity contribution in [2.75, 3.05) is 0 Å². The van der Waals surface area contributed by atoms with E-state index in [1.165, 1.54) is 16.7 Å².